The van der Waals surface area contributed by atoms with Gasteiger partial charge in [-0.05, 0) is 17.7 Å². The molecular formula is C13H14N4O5S. The number of amides is 1. The first kappa shape index (κ1) is 16.6. The SMILES string of the molecule is Cn1c(=O)[nH]cc(C(=O)NCc2ccc(S(N)(=O)=O)cc2)c1=O. The summed E-state index contributed by atoms with van der Waals surface area (Å²) in [5.74, 6) is -0.655. The van der Waals surface area contributed by atoms with E-state index >= 15 is 0 Å². The van der Waals surface area contributed by atoms with Gasteiger partial charge < -0.3 is 10.3 Å². The van der Waals surface area contributed by atoms with Gasteiger partial charge in [0.05, 0.1) is 4.90 Å². The summed E-state index contributed by atoms with van der Waals surface area (Å²) in [4.78, 5) is 37.2. The number of nitrogens with two attached hydrogens (primary N) is 1. The van der Waals surface area contributed by atoms with Crippen molar-refractivity contribution >= 4 is 15.9 Å². The van der Waals surface area contributed by atoms with Crippen LogP contribution in [-0.2, 0) is 23.6 Å². The molecule has 1 amide bonds. The van der Waals surface area contributed by atoms with Crippen molar-refractivity contribution in [2.45, 2.75) is 11.4 Å². The molecular weight excluding hydrogens is 324 g/mol. The molecule has 0 aliphatic rings. The number of hydrogen-bond donors (Lipinski definition) is 3. The number of primary sulfonamides is 1. The minimum atomic E-state index is -3.77. The van der Waals surface area contributed by atoms with Crippen LogP contribution < -0.4 is 21.7 Å². The van der Waals surface area contributed by atoms with Crippen LogP contribution in [0.25, 0.3) is 0 Å². The highest BCUT2D eigenvalue weighted by Crippen LogP contribution is 2.08. The number of H-pyrrole nitrogens is 1. The van der Waals surface area contributed by atoms with Gasteiger partial charge in [-0.25, -0.2) is 18.4 Å². The molecule has 10 heteroatoms. The van der Waals surface area contributed by atoms with Crippen molar-refractivity contribution in [3.05, 3.63) is 62.4 Å². The monoisotopic (exact) mass is 338 g/mol. The molecule has 1 aromatic carbocycles. The predicted octanol–water partition coefficient (Wildman–Crippen LogP) is -1.35. The van der Waals surface area contributed by atoms with Gasteiger partial charge >= 0.3 is 5.69 Å². The number of sulfonamides is 1. The number of aromatic amines is 1. The fourth-order valence-corrected chi connectivity index (χ4v) is 2.32. The van der Waals surface area contributed by atoms with Crippen LogP contribution in [0.2, 0.25) is 0 Å². The molecule has 1 aromatic heterocycles. The lowest BCUT2D eigenvalue weighted by molar-refractivity contribution is 0.0948. The molecule has 1 heterocycles. The lowest BCUT2D eigenvalue weighted by Gasteiger charge is -2.06. The number of nitrogens with one attached hydrogen (secondary N) is 2. The first-order chi connectivity index (χ1) is 10.7. The van der Waals surface area contributed by atoms with Crippen molar-refractivity contribution in [3.8, 4) is 0 Å². The summed E-state index contributed by atoms with van der Waals surface area (Å²) in [5, 5.41) is 7.49. The highest BCUT2D eigenvalue weighted by molar-refractivity contribution is 7.89. The van der Waals surface area contributed by atoms with E-state index in [1.54, 1.807) is 0 Å². The summed E-state index contributed by atoms with van der Waals surface area (Å²) >= 11 is 0. The Morgan fingerprint density at radius 2 is 1.87 bits per heavy atom. The molecule has 0 aliphatic carbocycles. The van der Waals surface area contributed by atoms with Crippen LogP contribution in [0.1, 0.15) is 15.9 Å². The van der Waals surface area contributed by atoms with Crippen LogP contribution in [0.15, 0.2) is 44.9 Å². The molecule has 0 atom stereocenters. The van der Waals surface area contributed by atoms with E-state index in [0.717, 1.165) is 10.8 Å². The summed E-state index contributed by atoms with van der Waals surface area (Å²) in [6.45, 7) is 0.0754. The van der Waals surface area contributed by atoms with E-state index in [0.29, 0.717) is 5.56 Å². The Hall–Kier alpha value is -2.72. The largest absolute Gasteiger partial charge is 0.348 e. The third kappa shape index (κ3) is 3.73. The number of hydrogen-bond acceptors (Lipinski definition) is 5. The van der Waals surface area contributed by atoms with Crippen molar-refractivity contribution in [1.82, 2.24) is 14.9 Å². The summed E-state index contributed by atoms with van der Waals surface area (Å²) in [6, 6.07) is 5.61. The minimum absolute atomic E-state index is 0.0397. The zero-order chi connectivity index (χ0) is 17.2. The number of carbonyl (C=O) groups excluding carboxylic acids is 1. The van der Waals surface area contributed by atoms with Crippen LogP contribution in [0, 0.1) is 0 Å². The van der Waals surface area contributed by atoms with Crippen LogP contribution in [-0.4, -0.2) is 23.9 Å². The second-order valence-corrected chi connectivity index (χ2v) is 6.30. The quantitative estimate of drug-likeness (QED) is 0.631. The first-order valence-electron chi connectivity index (χ1n) is 6.39. The van der Waals surface area contributed by atoms with Crippen LogP contribution in [0.5, 0.6) is 0 Å². The molecule has 2 rings (SSSR count). The van der Waals surface area contributed by atoms with Gasteiger partial charge in [0.25, 0.3) is 11.5 Å². The van der Waals surface area contributed by atoms with Gasteiger partial charge in [-0.1, -0.05) is 12.1 Å². The van der Waals surface area contributed by atoms with Gasteiger partial charge in [-0.3, -0.25) is 14.2 Å². The molecule has 23 heavy (non-hydrogen) atoms. The third-order valence-corrected chi connectivity index (χ3v) is 4.06. The standard InChI is InChI=1S/C13H14N4O5S/c1-17-12(19)10(7-16-13(17)20)11(18)15-6-8-2-4-9(5-3-8)23(14,21)22/h2-5,7H,6H2,1H3,(H,15,18)(H,16,20)(H2,14,21,22). The summed E-state index contributed by atoms with van der Waals surface area (Å²) in [5.41, 5.74) is -0.916. The molecule has 0 aliphatic heterocycles. The number of nitrogens with zero attached hydrogens (tertiary/aromatic N) is 1. The van der Waals surface area contributed by atoms with E-state index in [1.807, 2.05) is 0 Å². The van der Waals surface area contributed by atoms with Crippen LogP contribution in [0.4, 0.5) is 0 Å². The highest BCUT2D eigenvalue weighted by atomic mass is 32.2. The van der Waals surface area contributed by atoms with Crippen molar-refractivity contribution < 1.29 is 13.2 Å². The minimum Gasteiger partial charge on any atom is -0.348 e. The molecule has 0 radical (unpaired) electrons. The van der Waals surface area contributed by atoms with Crippen molar-refractivity contribution in [2.24, 2.45) is 12.2 Å². The Kier molecular flexibility index (Phi) is 4.48. The summed E-state index contributed by atoms with van der Waals surface area (Å²) in [6.07, 6.45) is 1.05. The molecule has 2 aromatic rings. The zero-order valence-electron chi connectivity index (χ0n) is 12.1. The van der Waals surface area contributed by atoms with Crippen molar-refractivity contribution in [2.75, 3.05) is 0 Å². The first-order valence-corrected chi connectivity index (χ1v) is 7.93. The molecule has 9 nitrogen and oxygen atoms in total. The maximum atomic E-state index is 12.0. The van der Waals surface area contributed by atoms with Crippen molar-refractivity contribution in [3.63, 3.8) is 0 Å². The molecule has 0 saturated heterocycles. The normalized spacial score (nSPS) is 11.2. The Labute approximate surface area is 130 Å². The molecule has 0 saturated carbocycles. The molecule has 0 spiro atoms. The van der Waals surface area contributed by atoms with E-state index in [4.69, 9.17) is 5.14 Å². The molecule has 0 fully saturated rings. The van der Waals surface area contributed by atoms with Gasteiger partial charge in [0.1, 0.15) is 5.56 Å². The van der Waals surface area contributed by atoms with E-state index in [2.05, 4.69) is 10.3 Å². The number of benzene rings is 1. The molecule has 122 valence electrons. The third-order valence-electron chi connectivity index (χ3n) is 3.13. The van der Waals surface area contributed by atoms with Crippen molar-refractivity contribution in [1.29, 1.82) is 0 Å². The van der Waals surface area contributed by atoms with Crippen LogP contribution >= 0.6 is 0 Å². The second kappa shape index (κ2) is 6.18. The maximum Gasteiger partial charge on any atom is 0.328 e. The fourth-order valence-electron chi connectivity index (χ4n) is 1.80. The number of aromatic nitrogens is 2. The predicted molar refractivity (Wildman–Crippen MR) is 81.3 cm³/mol. The van der Waals surface area contributed by atoms with E-state index in [-0.39, 0.29) is 17.0 Å². The Bertz CT molecular complexity index is 957. The molecule has 0 unspecified atom stereocenters. The Morgan fingerprint density at radius 3 is 2.43 bits per heavy atom. The number of rotatable bonds is 4. The molecule has 0 bridgehead atoms. The summed E-state index contributed by atoms with van der Waals surface area (Å²) in [7, 11) is -2.52. The van der Waals surface area contributed by atoms with E-state index in [9.17, 15) is 22.8 Å². The lowest BCUT2D eigenvalue weighted by Crippen LogP contribution is -2.38. The lowest BCUT2D eigenvalue weighted by atomic mass is 10.2. The molecule has 4 N–H and O–H groups in total. The van der Waals surface area contributed by atoms with Crippen LogP contribution in [0.3, 0.4) is 0 Å². The van der Waals surface area contributed by atoms with E-state index in [1.165, 1.54) is 31.3 Å². The fraction of sp³-hybridized carbons (Fsp3) is 0.154. The van der Waals surface area contributed by atoms with Gasteiger partial charge in [-0.2, -0.15) is 0 Å². The smallest absolute Gasteiger partial charge is 0.328 e. The maximum absolute atomic E-state index is 12.0. The highest BCUT2D eigenvalue weighted by Gasteiger charge is 2.13. The Balaban J connectivity index is 2.12. The average molecular weight is 338 g/mol. The van der Waals surface area contributed by atoms with Gasteiger partial charge in [0.2, 0.25) is 10.0 Å². The zero-order valence-corrected chi connectivity index (χ0v) is 12.9. The van der Waals surface area contributed by atoms with Gasteiger partial charge in [0.15, 0.2) is 0 Å². The van der Waals surface area contributed by atoms with Gasteiger partial charge in [0, 0.05) is 19.8 Å². The average Bonchev–Trinajstić information content (AvgIpc) is 2.50. The Morgan fingerprint density at radius 1 is 1.26 bits per heavy atom. The van der Waals surface area contributed by atoms with E-state index < -0.39 is 27.2 Å². The topological polar surface area (TPSA) is 144 Å². The van der Waals surface area contributed by atoms with Gasteiger partial charge in [-0.15, -0.1) is 0 Å². The summed E-state index contributed by atoms with van der Waals surface area (Å²) < 4.78 is 23.1. The second-order valence-electron chi connectivity index (χ2n) is 4.74. The number of carbonyl (C=O) groups is 1.